The van der Waals surface area contributed by atoms with Gasteiger partial charge in [-0.3, -0.25) is 0 Å². The van der Waals surface area contributed by atoms with Gasteiger partial charge in [0.25, 0.3) is 0 Å². The summed E-state index contributed by atoms with van der Waals surface area (Å²) in [6, 6.07) is 8.18. The molecule has 2 unspecified atom stereocenters. The van der Waals surface area contributed by atoms with Crippen molar-refractivity contribution in [1.29, 1.82) is 0 Å². The van der Waals surface area contributed by atoms with Gasteiger partial charge in [0.1, 0.15) is 30.0 Å². The Morgan fingerprint density at radius 3 is 2.81 bits per heavy atom. The molecule has 3 heterocycles. The van der Waals surface area contributed by atoms with E-state index in [4.69, 9.17) is 19.2 Å². The number of hydrogen-bond acceptors (Lipinski definition) is 10. The Morgan fingerprint density at radius 1 is 1.30 bits per heavy atom. The lowest BCUT2D eigenvalue weighted by Gasteiger charge is -2.38. The van der Waals surface area contributed by atoms with Crippen LogP contribution in [0.1, 0.15) is 29.9 Å². The van der Waals surface area contributed by atoms with E-state index in [2.05, 4.69) is 39.9 Å². The average Bonchev–Trinajstić information content (AvgIpc) is 3.25. The lowest BCUT2D eigenvalue weighted by molar-refractivity contribution is 0.108. The highest BCUT2D eigenvalue weighted by Gasteiger charge is 2.28. The van der Waals surface area contributed by atoms with Crippen LogP contribution in [0.3, 0.4) is 0 Å². The van der Waals surface area contributed by atoms with Crippen molar-refractivity contribution in [2.24, 2.45) is 0 Å². The maximum Gasteiger partial charge on any atom is 0.162 e. The third kappa shape index (κ3) is 6.26. The molecule has 37 heavy (non-hydrogen) atoms. The lowest BCUT2D eigenvalue weighted by atomic mass is 10.0. The second-order valence-corrected chi connectivity index (χ2v) is 10.5. The van der Waals surface area contributed by atoms with E-state index in [9.17, 15) is 5.11 Å². The molecule has 200 valence electrons. The highest BCUT2D eigenvalue weighted by atomic mass is 32.2. The fourth-order valence-corrected chi connectivity index (χ4v) is 5.28. The van der Waals surface area contributed by atoms with Crippen LogP contribution < -0.4 is 15.0 Å². The second-order valence-electron chi connectivity index (χ2n) is 9.56. The van der Waals surface area contributed by atoms with Gasteiger partial charge in [-0.15, -0.1) is 0 Å². The zero-order chi connectivity index (χ0) is 26.5. The third-order valence-corrected chi connectivity index (χ3v) is 7.74. The summed E-state index contributed by atoms with van der Waals surface area (Å²) in [6.45, 7) is 8.48. The third-order valence-electron chi connectivity index (χ3n) is 6.86. The molecule has 3 aromatic rings. The van der Waals surface area contributed by atoms with Gasteiger partial charge >= 0.3 is 0 Å². The molecular weight excluding hydrogens is 488 g/mol. The number of nitrogens with zero attached hydrogens (tertiary/aromatic N) is 5. The van der Waals surface area contributed by atoms with Crippen molar-refractivity contribution in [2.45, 2.75) is 45.8 Å². The summed E-state index contributed by atoms with van der Waals surface area (Å²) in [4.78, 5) is 12.5. The summed E-state index contributed by atoms with van der Waals surface area (Å²) in [5.74, 6) is 2.97. The quantitative estimate of drug-likeness (QED) is 0.379. The second kappa shape index (κ2) is 12.3. The smallest absolute Gasteiger partial charge is 0.162 e. The predicted octanol–water partition coefficient (Wildman–Crippen LogP) is 3.86. The minimum atomic E-state index is -0.589. The standard InChI is InChI=1S/C27H38N6O3S/c1-17-25(24-18(2)31-36-19(24)3)29-26(20-9-7-11-23(13-20)35-16-22(34)14-28-4)30-27(17)33-12-8-10-21(15-33)32(5)37-6/h7,9,11,13,21-22,28,34H,8,10,12,14-16H2,1-6H3. The molecule has 1 saturated heterocycles. The molecule has 0 bridgehead atoms. The zero-order valence-corrected chi connectivity index (χ0v) is 23.4. The van der Waals surface area contributed by atoms with Crippen LogP contribution in [-0.2, 0) is 0 Å². The van der Waals surface area contributed by atoms with Gasteiger partial charge in [0.15, 0.2) is 5.82 Å². The molecule has 0 radical (unpaired) electrons. The van der Waals surface area contributed by atoms with E-state index in [1.807, 2.05) is 38.1 Å². The van der Waals surface area contributed by atoms with Crippen LogP contribution in [0.15, 0.2) is 28.8 Å². The number of anilines is 1. The number of aliphatic hydroxyl groups excluding tert-OH is 1. The van der Waals surface area contributed by atoms with Crippen LogP contribution in [0.4, 0.5) is 5.82 Å². The van der Waals surface area contributed by atoms with Crippen LogP contribution in [0, 0.1) is 20.8 Å². The van der Waals surface area contributed by atoms with Crippen molar-refractivity contribution >= 4 is 17.8 Å². The normalized spacial score (nSPS) is 16.9. The summed E-state index contributed by atoms with van der Waals surface area (Å²) >= 11 is 1.77. The first-order chi connectivity index (χ1) is 17.8. The van der Waals surface area contributed by atoms with Crippen LogP contribution in [0.25, 0.3) is 22.6 Å². The monoisotopic (exact) mass is 526 g/mol. The first-order valence-electron chi connectivity index (χ1n) is 12.7. The molecule has 1 aromatic carbocycles. The summed E-state index contributed by atoms with van der Waals surface area (Å²) < 4.78 is 13.7. The van der Waals surface area contributed by atoms with Crippen molar-refractivity contribution in [3.05, 3.63) is 41.3 Å². The summed E-state index contributed by atoms with van der Waals surface area (Å²) in [5.41, 5.74) is 4.44. The van der Waals surface area contributed by atoms with Crippen molar-refractivity contribution in [3.8, 4) is 28.4 Å². The van der Waals surface area contributed by atoms with Crippen LogP contribution in [0.2, 0.25) is 0 Å². The molecule has 0 amide bonds. The van der Waals surface area contributed by atoms with Crippen LogP contribution in [-0.4, -0.2) is 83.3 Å². The van der Waals surface area contributed by atoms with E-state index in [0.29, 0.717) is 24.2 Å². The Kier molecular flexibility index (Phi) is 9.07. The SMILES string of the molecule is CNCC(O)COc1cccc(-c2nc(-c3c(C)noc3C)c(C)c(N3CCCC(N(C)SC)C3)n2)c1. The van der Waals surface area contributed by atoms with Crippen molar-refractivity contribution in [2.75, 3.05) is 51.5 Å². The van der Waals surface area contributed by atoms with Gasteiger partial charge in [-0.2, -0.15) is 0 Å². The summed E-state index contributed by atoms with van der Waals surface area (Å²) in [5, 5.41) is 17.2. The van der Waals surface area contributed by atoms with Crippen molar-refractivity contribution < 1.29 is 14.4 Å². The number of rotatable bonds is 10. The number of nitrogens with one attached hydrogen (secondary N) is 1. The van der Waals surface area contributed by atoms with Crippen molar-refractivity contribution in [1.82, 2.24) is 24.7 Å². The molecule has 9 nitrogen and oxygen atoms in total. The van der Waals surface area contributed by atoms with Crippen LogP contribution >= 0.6 is 11.9 Å². The molecule has 0 aliphatic carbocycles. The molecule has 2 N–H and O–H groups in total. The number of aliphatic hydroxyl groups is 1. The van der Waals surface area contributed by atoms with Gasteiger partial charge in [0.05, 0.1) is 17.0 Å². The van der Waals surface area contributed by atoms with Crippen molar-refractivity contribution in [3.63, 3.8) is 0 Å². The van der Waals surface area contributed by atoms with Gasteiger partial charge in [0.2, 0.25) is 0 Å². The van der Waals surface area contributed by atoms with Gasteiger partial charge in [0, 0.05) is 36.8 Å². The average molecular weight is 527 g/mol. The van der Waals surface area contributed by atoms with E-state index < -0.39 is 6.10 Å². The molecule has 1 aliphatic rings. The minimum Gasteiger partial charge on any atom is -0.491 e. The number of benzene rings is 1. The zero-order valence-electron chi connectivity index (χ0n) is 22.6. The Hall–Kier alpha value is -2.66. The van der Waals surface area contributed by atoms with Gasteiger partial charge < -0.3 is 24.6 Å². The number of likely N-dealkylation sites (N-methyl/N-ethyl adjacent to an activating group) is 2. The maximum atomic E-state index is 10.0. The number of hydrogen-bond donors (Lipinski definition) is 2. The predicted molar refractivity (Wildman–Crippen MR) is 149 cm³/mol. The Morgan fingerprint density at radius 2 is 2.11 bits per heavy atom. The fourth-order valence-electron chi connectivity index (χ4n) is 4.81. The molecule has 4 rings (SSSR count). The fraction of sp³-hybridized carbons (Fsp3) is 0.519. The first kappa shape index (κ1) is 27.4. The Balaban J connectivity index is 1.75. The van der Waals surface area contributed by atoms with Crippen LogP contribution in [0.5, 0.6) is 5.75 Å². The first-order valence-corrected chi connectivity index (χ1v) is 13.9. The lowest BCUT2D eigenvalue weighted by Crippen LogP contribution is -2.45. The molecule has 2 atom stereocenters. The molecule has 0 saturated carbocycles. The van der Waals surface area contributed by atoms with E-state index in [1.54, 1.807) is 19.0 Å². The molecule has 10 heteroatoms. The van der Waals surface area contributed by atoms with E-state index >= 15 is 0 Å². The van der Waals surface area contributed by atoms with E-state index in [0.717, 1.165) is 59.2 Å². The molecular formula is C27H38N6O3S. The van der Waals surface area contributed by atoms with Gasteiger partial charge in [-0.1, -0.05) is 29.2 Å². The topological polar surface area (TPSA) is 99.8 Å². The highest BCUT2D eigenvalue weighted by molar-refractivity contribution is 7.96. The number of piperidine rings is 1. The summed E-state index contributed by atoms with van der Waals surface area (Å²) in [6.07, 6.45) is 3.80. The highest BCUT2D eigenvalue weighted by Crippen LogP contribution is 2.36. The molecule has 1 aliphatic heterocycles. The number of aryl methyl sites for hydroxylation is 2. The molecule has 0 spiro atoms. The number of ether oxygens (including phenoxy) is 1. The Bertz CT molecular complexity index is 1180. The number of aromatic nitrogens is 3. The Labute approximate surface area is 223 Å². The largest absolute Gasteiger partial charge is 0.491 e. The molecule has 2 aromatic heterocycles. The maximum absolute atomic E-state index is 10.0. The summed E-state index contributed by atoms with van der Waals surface area (Å²) in [7, 11) is 3.96. The minimum absolute atomic E-state index is 0.201. The van der Waals surface area contributed by atoms with Gasteiger partial charge in [-0.05, 0) is 66.1 Å². The molecule has 1 fully saturated rings. The van der Waals surface area contributed by atoms with Gasteiger partial charge in [-0.25, -0.2) is 14.3 Å². The van der Waals surface area contributed by atoms with E-state index in [1.165, 1.54) is 6.42 Å². The van der Waals surface area contributed by atoms with E-state index in [-0.39, 0.29) is 6.61 Å².